The first-order valence-electron chi connectivity index (χ1n) is 6.12. The highest BCUT2D eigenvalue weighted by Crippen LogP contribution is 2.33. The fraction of sp³-hybridized carbons (Fsp3) is 0.143. The van der Waals surface area contributed by atoms with Gasteiger partial charge in [-0.25, -0.2) is 4.39 Å². The molecule has 1 heterocycles. The third kappa shape index (κ3) is 2.78. The molecule has 20 heavy (non-hydrogen) atoms. The lowest BCUT2D eigenvalue weighted by molar-refractivity contribution is 0.111. The first-order valence-corrected chi connectivity index (χ1v) is 6.92. The monoisotopic (exact) mass is 336 g/mol. The molecule has 0 saturated carbocycles. The van der Waals surface area contributed by atoms with Crippen LogP contribution in [0.1, 0.15) is 22.8 Å². The normalized spacial score (nSPS) is 18.6. The highest BCUT2D eigenvalue weighted by Gasteiger charge is 2.30. The lowest BCUT2D eigenvalue weighted by atomic mass is 9.96. The standard InChI is InChI=1S/C14H11BBrFO3/c16-11-3-6-13-10(7-11)8-19-15(18)20-14(13)9-1-4-12(17)5-2-9/h1-7,14,18H,8H2. The molecule has 102 valence electrons. The zero-order chi connectivity index (χ0) is 14.1. The maximum atomic E-state index is 13.0. The Morgan fingerprint density at radius 2 is 1.95 bits per heavy atom. The lowest BCUT2D eigenvalue weighted by Crippen LogP contribution is -2.22. The Balaban J connectivity index is 2.06. The molecule has 0 fully saturated rings. The van der Waals surface area contributed by atoms with Crippen molar-refractivity contribution in [3.05, 3.63) is 69.4 Å². The van der Waals surface area contributed by atoms with Crippen LogP contribution in [-0.4, -0.2) is 12.3 Å². The molecule has 1 atom stereocenters. The Morgan fingerprint density at radius 3 is 2.70 bits per heavy atom. The molecule has 0 amide bonds. The second kappa shape index (κ2) is 5.65. The molecule has 3 nitrogen and oxygen atoms in total. The maximum absolute atomic E-state index is 13.0. The van der Waals surface area contributed by atoms with Crippen LogP contribution in [0.15, 0.2) is 46.9 Å². The van der Waals surface area contributed by atoms with Gasteiger partial charge in [0.05, 0.1) is 12.7 Å². The molecular weight excluding hydrogens is 326 g/mol. The van der Waals surface area contributed by atoms with Crippen LogP contribution in [0.3, 0.4) is 0 Å². The second-order valence-corrected chi connectivity index (χ2v) is 5.44. The fourth-order valence-electron chi connectivity index (χ4n) is 2.24. The summed E-state index contributed by atoms with van der Waals surface area (Å²) in [5.41, 5.74) is 2.58. The van der Waals surface area contributed by atoms with Gasteiger partial charge in [0.1, 0.15) is 5.82 Å². The second-order valence-electron chi connectivity index (χ2n) is 4.53. The molecule has 6 heteroatoms. The predicted molar refractivity (Wildman–Crippen MR) is 76.2 cm³/mol. The van der Waals surface area contributed by atoms with Gasteiger partial charge in [0, 0.05) is 4.47 Å². The van der Waals surface area contributed by atoms with E-state index in [4.69, 9.17) is 9.31 Å². The molecule has 0 aromatic heterocycles. The van der Waals surface area contributed by atoms with Crippen LogP contribution in [0, 0.1) is 5.82 Å². The topological polar surface area (TPSA) is 38.7 Å². The van der Waals surface area contributed by atoms with Gasteiger partial charge >= 0.3 is 7.32 Å². The summed E-state index contributed by atoms with van der Waals surface area (Å²) in [6.45, 7) is 0.258. The van der Waals surface area contributed by atoms with E-state index in [2.05, 4.69) is 15.9 Å². The minimum Gasteiger partial charge on any atom is -0.402 e. The Hall–Kier alpha value is -1.21. The van der Waals surface area contributed by atoms with Crippen LogP contribution in [0.2, 0.25) is 0 Å². The molecule has 0 bridgehead atoms. The zero-order valence-corrected chi connectivity index (χ0v) is 12.0. The molecule has 0 radical (unpaired) electrons. The van der Waals surface area contributed by atoms with Crippen molar-refractivity contribution >= 4 is 23.3 Å². The largest absolute Gasteiger partial charge is 0.637 e. The summed E-state index contributed by atoms with van der Waals surface area (Å²) in [6, 6.07) is 11.8. The van der Waals surface area contributed by atoms with E-state index in [9.17, 15) is 9.41 Å². The maximum Gasteiger partial charge on any atom is 0.637 e. The number of hydrogen-bond acceptors (Lipinski definition) is 3. The van der Waals surface area contributed by atoms with E-state index in [-0.39, 0.29) is 12.4 Å². The summed E-state index contributed by atoms with van der Waals surface area (Å²) >= 11 is 3.41. The number of rotatable bonds is 1. The third-order valence-electron chi connectivity index (χ3n) is 3.19. The molecule has 0 spiro atoms. The van der Waals surface area contributed by atoms with Gasteiger partial charge in [0.25, 0.3) is 0 Å². The van der Waals surface area contributed by atoms with Gasteiger partial charge < -0.3 is 14.3 Å². The minimum atomic E-state index is -1.31. The first-order chi connectivity index (χ1) is 9.63. The predicted octanol–water partition coefficient (Wildman–Crippen LogP) is 3.20. The van der Waals surface area contributed by atoms with E-state index in [1.807, 2.05) is 18.2 Å². The molecule has 3 rings (SSSR count). The Labute approximate surface area is 124 Å². The summed E-state index contributed by atoms with van der Waals surface area (Å²) in [5.74, 6) is -0.310. The van der Waals surface area contributed by atoms with Crippen molar-refractivity contribution in [1.29, 1.82) is 0 Å². The fourth-order valence-corrected chi connectivity index (χ4v) is 2.65. The van der Waals surface area contributed by atoms with Gasteiger partial charge in [-0.15, -0.1) is 0 Å². The molecule has 2 aromatic carbocycles. The Kier molecular flexibility index (Phi) is 3.89. The van der Waals surface area contributed by atoms with Crippen LogP contribution >= 0.6 is 15.9 Å². The number of benzene rings is 2. The van der Waals surface area contributed by atoms with Crippen LogP contribution in [0.25, 0.3) is 0 Å². The minimum absolute atomic E-state index is 0.258. The van der Waals surface area contributed by atoms with Crippen LogP contribution < -0.4 is 0 Å². The third-order valence-corrected chi connectivity index (χ3v) is 3.69. The van der Waals surface area contributed by atoms with E-state index < -0.39 is 13.4 Å². The lowest BCUT2D eigenvalue weighted by Gasteiger charge is -2.19. The van der Waals surface area contributed by atoms with Gasteiger partial charge in [-0.2, -0.15) is 0 Å². The molecular formula is C14H11BBrFO3. The molecule has 0 aliphatic carbocycles. The van der Waals surface area contributed by atoms with Crippen LogP contribution in [0.5, 0.6) is 0 Å². The molecule has 1 aliphatic rings. The van der Waals surface area contributed by atoms with Crippen molar-refractivity contribution in [2.75, 3.05) is 0 Å². The van der Waals surface area contributed by atoms with Gasteiger partial charge in [0.2, 0.25) is 0 Å². The number of hydrogen-bond donors (Lipinski definition) is 1. The molecule has 1 aliphatic heterocycles. The van der Waals surface area contributed by atoms with Crippen molar-refractivity contribution in [2.24, 2.45) is 0 Å². The van der Waals surface area contributed by atoms with Crippen molar-refractivity contribution in [2.45, 2.75) is 12.7 Å². The molecule has 2 aromatic rings. The van der Waals surface area contributed by atoms with Crippen molar-refractivity contribution in [1.82, 2.24) is 0 Å². The van der Waals surface area contributed by atoms with E-state index in [0.717, 1.165) is 21.2 Å². The van der Waals surface area contributed by atoms with E-state index >= 15 is 0 Å². The highest BCUT2D eigenvalue weighted by atomic mass is 79.9. The van der Waals surface area contributed by atoms with Crippen molar-refractivity contribution in [3.63, 3.8) is 0 Å². The quantitative estimate of drug-likeness (QED) is 0.813. The number of fused-ring (bicyclic) bond motifs is 1. The number of halogens is 2. The van der Waals surface area contributed by atoms with Crippen LogP contribution in [0.4, 0.5) is 4.39 Å². The summed E-state index contributed by atoms with van der Waals surface area (Å²) in [4.78, 5) is 0. The SMILES string of the molecule is OB1OCc2cc(Br)ccc2C(c2ccc(F)cc2)O1. The van der Waals surface area contributed by atoms with E-state index in [1.165, 1.54) is 12.1 Å². The smallest absolute Gasteiger partial charge is 0.402 e. The summed E-state index contributed by atoms with van der Waals surface area (Å²) < 4.78 is 24.7. The average Bonchev–Trinajstić information content (AvgIpc) is 2.59. The summed E-state index contributed by atoms with van der Waals surface area (Å²) in [7, 11) is -1.31. The molecule has 1 N–H and O–H groups in total. The molecule has 1 unspecified atom stereocenters. The first kappa shape index (κ1) is 13.8. The van der Waals surface area contributed by atoms with Gasteiger partial charge in [-0.3, -0.25) is 0 Å². The van der Waals surface area contributed by atoms with Crippen LogP contribution in [-0.2, 0) is 15.9 Å². The highest BCUT2D eigenvalue weighted by molar-refractivity contribution is 9.10. The summed E-state index contributed by atoms with van der Waals surface area (Å²) in [6.07, 6.45) is -0.490. The van der Waals surface area contributed by atoms with Gasteiger partial charge in [-0.1, -0.05) is 34.1 Å². The Bertz CT molecular complexity index is 620. The van der Waals surface area contributed by atoms with Gasteiger partial charge in [0.15, 0.2) is 0 Å². The van der Waals surface area contributed by atoms with Crippen molar-refractivity contribution < 1.29 is 18.7 Å². The average molecular weight is 337 g/mol. The van der Waals surface area contributed by atoms with Crippen molar-refractivity contribution in [3.8, 4) is 0 Å². The zero-order valence-electron chi connectivity index (χ0n) is 10.4. The molecule has 0 saturated heterocycles. The van der Waals surface area contributed by atoms with E-state index in [0.29, 0.717) is 0 Å². The summed E-state index contributed by atoms with van der Waals surface area (Å²) in [5, 5.41) is 9.69. The Morgan fingerprint density at radius 1 is 1.20 bits per heavy atom. The van der Waals surface area contributed by atoms with Gasteiger partial charge in [-0.05, 0) is 41.0 Å². The van der Waals surface area contributed by atoms with E-state index in [1.54, 1.807) is 12.1 Å².